The summed E-state index contributed by atoms with van der Waals surface area (Å²) in [4.78, 5) is 11.0. The Balaban J connectivity index is 2.80. The molecule has 0 spiro atoms. The maximum absolute atomic E-state index is 11.0. The lowest BCUT2D eigenvalue weighted by atomic mass is 9.97. The number of phenolic OH excluding ortho intramolecular Hbond substituents is 1. The fourth-order valence-corrected chi connectivity index (χ4v) is 1.26. The topological polar surface area (TPSA) is 70.3 Å². The lowest BCUT2D eigenvalue weighted by molar-refractivity contribution is -0.133. The second-order valence-electron chi connectivity index (χ2n) is 2.97. The van der Waals surface area contributed by atoms with Crippen LogP contribution in [0.2, 0.25) is 0 Å². The number of benzene rings is 1. The zero-order valence-electron chi connectivity index (χ0n) is 7.88. The van der Waals surface area contributed by atoms with Crippen molar-refractivity contribution in [2.45, 2.75) is 12.3 Å². The van der Waals surface area contributed by atoms with Gasteiger partial charge in [0.2, 0.25) is 0 Å². The van der Waals surface area contributed by atoms with E-state index in [0.717, 1.165) is 0 Å². The molecule has 0 bridgehead atoms. The van der Waals surface area contributed by atoms with Crippen LogP contribution >= 0.6 is 9.47 Å². The van der Waals surface area contributed by atoms with Crippen LogP contribution in [0.25, 0.3) is 0 Å². The van der Waals surface area contributed by atoms with Gasteiger partial charge in [0.25, 0.3) is 0 Å². The Labute approximate surface area is 89.8 Å². The molecule has 0 aliphatic heterocycles. The molecule has 0 amide bonds. The number of nitrogens with zero attached hydrogens (tertiary/aromatic N) is 1. The third kappa shape index (κ3) is 3.23. The molecule has 0 fully saturated rings. The van der Waals surface area contributed by atoms with Crippen LogP contribution in [0.3, 0.4) is 0 Å². The monoisotopic (exact) mass is 223 g/mol. The standard InChI is InChI=1S/C10H10NO3P/c11-6-8(5-10(13)14-15)7-1-3-9(12)4-2-7/h1-4,8,12H,5,15H2. The van der Waals surface area contributed by atoms with E-state index in [9.17, 15) is 4.79 Å². The predicted molar refractivity (Wildman–Crippen MR) is 56.9 cm³/mol. The Morgan fingerprint density at radius 3 is 2.60 bits per heavy atom. The van der Waals surface area contributed by atoms with E-state index in [1.54, 1.807) is 12.1 Å². The van der Waals surface area contributed by atoms with Gasteiger partial charge < -0.3 is 9.63 Å². The molecule has 2 atom stereocenters. The summed E-state index contributed by atoms with van der Waals surface area (Å²) in [6.45, 7) is 0. The highest BCUT2D eigenvalue weighted by Gasteiger charge is 2.15. The second-order valence-corrected chi connectivity index (χ2v) is 3.20. The smallest absolute Gasteiger partial charge is 0.309 e. The van der Waals surface area contributed by atoms with Gasteiger partial charge in [0.1, 0.15) is 5.75 Å². The zero-order chi connectivity index (χ0) is 11.3. The number of carbonyl (C=O) groups excluding carboxylic acids is 1. The normalized spacial score (nSPS) is 11.5. The molecule has 78 valence electrons. The van der Waals surface area contributed by atoms with Crippen molar-refractivity contribution in [1.29, 1.82) is 5.26 Å². The number of hydrogen-bond acceptors (Lipinski definition) is 4. The molecule has 1 N–H and O–H groups in total. The van der Waals surface area contributed by atoms with Crippen molar-refractivity contribution in [2.24, 2.45) is 0 Å². The van der Waals surface area contributed by atoms with Crippen molar-refractivity contribution in [2.75, 3.05) is 0 Å². The minimum atomic E-state index is -0.543. The molecule has 1 rings (SSSR count). The van der Waals surface area contributed by atoms with Crippen LogP contribution in [-0.2, 0) is 9.32 Å². The number of phenols is 1. The molecular weight excluding hydrogens is 213 g/mol. The lowest BCUT2D eigenvalue weighted by Crippen LogP contribution is -2.04. The number of carbonyl (C=O) groups is 1. The average Bonchev–Trinajstić information content (AvgIpc) is 2.27. The first-order valence-corrected chi connectivity index (χ1v) is 4.72. The van der Waals surface area contributed by atoms with Gasteiger partial charge in [-0.3, -0.25) is 4.79 Å². The largest absolute Gasteiger partial charge is 0.508 e. The van der Waals surface area contributed by atoms with Crippen molar-refractivity contribution in [3.63, 3.8) is 0 Å². The summed E-state index contributed by atoms with van der Waals surface area (Å²) < 4.78 is 4.40. The number of nitriles is 1. The molecule has 0 heterocycles. The van der Waals surface area contributed by atoms with Crippen molar-refractivity contribution in [3.05, 3.63) is 29.8 Å². The van der Waals surface area contributed by atoms with Crippen molar-refractivity contribution in [1.82, 2.24) is 0 Å². The first kappa shape index (κ1) is 11.5. The van der Waals surface area contributed by atoms with E-state index >= 15 is 0 Å². The molecule has 5 heteroatoms. The summed E-state index contributed by atoms with van der Waals surface area (Å²) >= 11 is 0. The van der Waals surface area contributed by atoms with Crippen LogP contribution in [0.1, 0.15) is 17.9 Å². The summed E-state index contributed by atoms with van der Waals surface area (Å²) in [6.07, 6.45) is 0.00474. The van der Waals surface area contributed by atoms with Crippen molar-refractivity contribution >= 4 is 15.4 Å². The van der Waals surface area contributed by atoms with Gasteiger partial charge in [-0.15, -0.1) is 0 Å². The molecule has 0 saturated heterocycles. The Hall–Kier alpha value is -1.59. The number of rotatable bonds is 3. The molecule has 0 aliphatic rings. The zero-order valence-corrected chi connectivity index (χ0v) is 9.04. The fourth-order valence-electron chi connectivity index (χ4n) is 1.16. The van der Waals surface area contributed by atoms with Gasteiger partial charge in [-0.2, -0.15) is 5.26 Å². The maximum atomic E-state index is 11.0. The summed E-state index contributed by atoms with van der Waals surface area (Å²) in [5.74, 6) is -0.873. The van der Waals surface area contributed by atoms with Crippen LogP contribution in [-0.4, -0.2) is 11.1 Å². The van der Waals surface area contributed by atoms with Crippen molar-refractivity contribution < 1.29 is 14.4 Å². The van der Waals surface area contributed by atoms with Gasteiger partial charge in [0.15, 0.2) is 0 Å². The van der Waals surface area contributed by atoms with Crippen LogP contribution in [0.5, 0.6) is 5.75 Å². The molecule has 4 nitrogen and oxygen atoms in total. The molecule has 0 aliphatic carbocycles. The predicted octanol–water partition coefficient (Wildman–Crippen LogP) is 1.72. The van der Waals surface area contributed by atoms with Gasteiger partial charge in [-0.25, -0.2) is 0 Å². The van der Waals surface area contributed by atoms with Gasteiger partial charge in [-0.1, -0.05) is 12.1 Å². The van der Waals surface area contributed by atoms with E-state index in [2.05, 4.69) is 4.52 Å². The molecule has 0 radical (unpaired) electrons. The minimum absolute atomic E-state index is 0.00474. The Bertz CT molecular complexity index is 383. The highest BCUT2D eigenvalue weighted by molar-refractivity contribution is 7.10. The van der Waals surface area contributed by atoms with Gasteiger partial charge in [0.05, 0.1) is 27.9 Å². The van der Waals surface area contributed by atoms with E-state index in [0.29, 0.717) is 5.56 Å². The first-order chi connectivity index (χ1) is 7.17. The highest BCUT2D eigenvalue weighted by atomic mass is 31.0. The second kappa shape index (κ2) is 5.33. The van der Waals surface area contributed by atoms with Gasteiger partial charge >= 0.3 is 5.97 Å². The Kier molecular flexibility index (Phi) is 4.08. The van der Waals surface area contributed by atoms with Crippen LogP contribution < -0.4 is 0 Å². The molecule has 1 aromatic rings. The Morgan fingerprint density at radius 2 is 2.13 bits per heavy atom. The molecule has 2 unspecified atom stereocenters. The van der Waals surface area contributed by atoms with E-state index in [1.165, 1.54) is 12.1 Å². The minimum Gasteiger partial charge on any atom is -0.508 e. The van der Waals surface area contributed by atoms with E-state index in [4.69, 9.17) is 10.4 Å². The molecule has 15 heavy (non-hydrogen) atoms. The van der Waals surface area contributed by atoms with Crippen molar-refractivity contribution in [3.8, 4) is 11.8 Å². The third-order valence-corrected chi connectivity index (χ3v) is 2.22. The molecule has 1 aromatic carbocycles. The van der Waals surface area contributed by atoms with E-state index < -0.39 is 11.9 Å². The van der Waals surface area contributed by atoms with E-state index in [1.807, 2.05) is 15.5 Å². The highest BCUT2D eigenvalue weighted by Crippen LogP contribution is 2.21. The maximum Gasteiger partial charge on any atom is 0.309 e. The van der Waals surface area contributed by atoms with E-state index in [-0.39, 0.29) is 12.2 Å². The molecular formula is C10H10NO3P. The average molecular weight is 223 g/mol. The SMILES string of the molecule is N#CC(CC(=O)OP)c1ccc(O)cc1. The summed E-state index contributed by atoms with van der Waals surface area (Å²) in [6, 6.07) is 8.19. The lowest BCUT2D eigenvalue weighted by Gasteiger charge is -2.07. The first-order valence-electron chi connectivity index (χ1n) is 4.25. The van der Waals surface area contributed by atoms with Gasteiger partial charge in [-0.05, 0) is 17.7 Å². The quantitative estimate of drug-likeness (QED) is 0.792. The number of hydrogen-bond donors (Lipinski definition) is 1. The van der Waals surface area contributed by atoms with Gasteiger partial charge in [0, 0.05) is 0 Å². The molecule has 0 aromatic heterocycles. The van der Waals surface area contributed by atoms with Crippen LogP contribution in [0.15, 0.2) is 24.3 Å². The summed E-state index contributed by atoms with van der Waals surface area (Å²) in [5.41, 5.74) is 0.686. The summed E-state index contributed by atoms with van der Waals surface area (Å²) in [5, 5.41) is 17.9. The third-order valence-electron chi connectivity index (χ3n) is 1.95. The Morgan fingerprint density at radius 1 is 1.53 bits per heavy atom. The number of aromatic hydroxyl groups is 1. The fraction of sp³-hybridized carbons (Fsp3) is 0.200. The van der Waals surface area contributed by atoms with Crippen LogP contribution in [0.4, 0.5) is 0 Å². The molecule has 0 saturated carbocycles. The van der Waals surface area contributed by atoms with Crippen LogP contribution in [0, 0.1) is 11.3 Å². The summed E-state index contributed by atoms with van der Waals surface area (Å²) in [7, 11) is 1.85.